The first-order valence-corrected chi connectivity index (χ1v) is 7.31. The van der Waals surface area contributed by atoms with Crippen LogP contribution in [0.1, 0.15) is 12.5 Å². The summed E-state index contributed by atoms with van der Waals surface area (Å²) >= 11 is 2.86. The molecule has 1 N–H and O–H groups in total. The topological polar surface area (TPSA) is 61.6 Å². The number of hydrogen-bond acceptors (Lipinski definition) is 6. The van der Waals surface area contributed by atoms with Crippen molar-refractivity contribution < 1.29 is 0 Å². The Bertz CT molecular complexity index is 542. The van der Waals surface area contributed by atoms with E-state index in [2.05, 4.69) is 40.6 Å². The van der Waals surface area contributed by atoms with E-state index in [1.807, 2.05) is 12.1 Å². The van der Waals surface area contributed by atoms with Crippen LogP contribution in [0.25, 0.3) is 0 Å². The number of nitriles is 1. The fourth-order valence-corrected chi connectivity index (χ4v) is 2.79. The molecule has 0 spiro atoms. The van der Waals surface area contributed by atoms with E-state index in [1.165, 1.54) is 28.7 Å². The third-order valence-electron chi connectivity index (χ3n) is 2.28. The number of benzene rings is 1. The van der Waals surface area contributed by atoms with Crippen molar-refractivity contribution in [2.75, 3.05) is 11.1 Å². The van der Waals surface area contributed by atoms with Crippen molar-refractivity contribution in [1.82, 2.24) is 10.2 Å². The van der Waals surface area contributed by atoms with Crippen LogP contribution >= 0.6 is 23.1 Å². The molecule has 1 heterocycles. The van der Waals surface area contributed by atoms with Crippen LogP contribution in [0.15, 0.2) is 28.6 Å². The second-order valence-corrected chi connectivity index (χ2v) is 5.70. The molecule has 0 saturated carbocycles. The summed E-state index contributed by atoms with van der Waals surface area (Å²) in [7, 11) is 0. The van der Waals surface area contributed by atoms with Crippen molar-refractivity contribution in [3.05, 3.63) is 29.8 Å². The minimum Gasteiger partial charge on any atom is -0.330 e. The van der Waals surface area contributed by atoms with E-state index in [9.17, 15) is 0 Å². The van der Waals surface area contributed by atoms with E-state index in [-0.39, 0.29) is 0 Å². The lowest BCUT2D eigenvalue weighted by atomic mass is 10.1. The summed E-state index contributed by atoms with van der Waals surface area (Å²) in [5.74, 6) is 0.403. The third kappa shape index (κ3) is 3.45. The SMILES string of the molecule is CCc1ccc(Nc2nnc(SCC#N)s2)cc1. The molecule has 1 aromatic carbocycles. The molecule has 0 aliphatic rings. The summed E-state index contributed by atoms with van der Waals surface area (Å²) in [5.41, 5.74) is 2.31. The van der Waals surface area contributed by atoms with Gasteiger partial charge in [0.15, 0.2) is 4.34 Å². The zero-order valence-corrected chi connectivity index (χ0v) is 11.5. The molecule has 0 radical (unpaired) electrons. The van der Waals surface area contributed by atoms with Gasteiger partial charge in [0.1, 0.15) is 0 Å². The smallest absolute Gasteiger partial charge is 0.210 e. The lowest BCUT2D eigenvalue weighted by molar-refractivity contribution is 1.01. The molecule has 0 bridgehead atoms. The van der Waals surface area contributed by atoms with Gasteiger partial charge >= 0.3 is 0 Å². The fourth-order valence-electron chi connectivity index (χ4n) is 1.36. The predicted molar refractivity (Wildman–Crippen MR) is 75.3 cm³/mol. The normalized spacial score (nSPS) is 10.0. The molecule has 2 rings (SSSR count). The molecule has 0 fully saturated rings. The zero-order valence-electron chi connectivity index (χ0n) is 9.88. The lowest BCUT2D eigenvalue weighted by Crippen LogP contribution is -1.89. The van der Waals surface area contributed by atoms with Gasteiger partial charge in [-0.3, -0.25) is 0 Å². The number of nitrogens with zero attached hydrogens (tertiary/aromatic N) is 3. The second-order valence-electron chi connectivity index (χ2n) is 3.50. The fraction of sp³-hybridized carbons (Fsp3) is 0.250. The van der Waals surface area contributed by atoms with Crippen molar-refractivity contribution in [2.24, 2.45) is 0 Å². The maximum absolute atomic E-state index is 8.49. The largest absolute Gasteiger partial charge is 0.330 e. The number of aromatic nitrogens is 2. The van der Waals surface area contributed by atoms with Crippen molar-refractivity contribution >= 4 is 33.9 Å². The quantitative estimate of drug-likeness (QED) is 0.847. The van der Waals surface area contributed by atoms with Crippen molar-refractivity contribution in [2.45, 2.75) is 17.7 Å². The zero-order chi connectivity index (χ0) is 12.8. The highest BCUT2D eigenvalue weighted by Gasteiger charge is 2.04. The summed E-state index contributed by atoms with van der Waals surface area (Å²) < 4.78 is 0.809. The highest BCUT2D eigenvalue weighted by atomic mass is 32.2. The Hall–Kier alpha value is -1.58. The number of hydrogen-bond donors (Lipinski definition) is 1. The first-order chi connectivity index (χ1) is 8.81. The number of nitrogens with one attached hydrogen (secondary N) is 1. The number of thioether (sulfide) groups is 1. The van der Waals surface area contributed by atoms with Crippen LogP contribution < -0.4 is 5.32 Å². The first kappa shape index (κ1) is 12.9. The second kappa shape index (κ2) is 6.38. The van der Waals surface area contributed by atoms with Crippen molar-refractivity contribution in [1.29, 1.82) is 5.26 Å². The predicted octanol–water partition coefficient (Wildman–Crippen LogP) is 3.46. The number of aryl methyl sites for hydroxylation is 1. The highest BCUT2D eigenvalue weighted by molar-refractivity contribution is 8.01. The minimum absolute atomic E-state index is 0.403. The number of anilines is 2. The Morgan fingerprint density at radius 3 is 2.78 bits per heavy atom. The van der Waals surface area contributed by atoms with Crippen LogP contribution in [0.4, 0.5) is 10.8 Å². The maximum atomic E-state index is 8.49. The van der Waals surface area contributed by atoms with E-state index in [0.29, 0.717) is 5.75 Å². The van der Waals surface area contributed by atoms with Gasteiger partial charge in [-0.2, -0.15) is 5.26 Å². The van der Waals surface area contributed by atoms with Gasteiger partial charge in [-0.15, -0.1) is 10.2 Å². The van der Waals surface area contributed by atoms with Gasteiger partial charge in [0, 0.05) is 5.69 Å². The van der Waals surface area contributed by atoms with Crippen LogP contribution in [0.3, 0.4) is 0 Å². The summed E-state index contributed by atoms with van der Waals surface area (Å²) in [6, 6.07) is 10.3. The molecule has 18 heavy (non-hydrogen) atoms. The molecule has 0 unspecified atom stereocenters. The molecule has 1 aromatic heterocycles. The molecule has 0 aliphatic heterocycles. The molecular formula is C12H12N4S2. The summed E-state index contributed by atoms with van der Waals surface area (Å²) in [4.78, 5) is 0. The molecule has 0 amide bonds. The average molecular weight is 276 g/mol. The summed E-state index contributed by atoms with van der Waals surface area (Å²) in [6.07, 6.45) is 1.04. The molecule has 2 aromatic rings. The number of rotatable bonds is 5. The monoisotopic (exact) mass is 276 g/mol. The van der Waals surface area contributed by atoms with Gasteiger partial charge < -0.3 is 5.32 Å². The van der Waals surface area contributed by atoms with Gasteiger partial charge in [0.2, 0.25) is 5.13 Å². The Balaban J connectivity index is 2.00. The van der Waals surface area contributed by atoms with Gasteiger partial charge in [0.25, 0.3) is 0 Å². The van der Waals surface area contributed by atoms with Crippen molar-refractivity contribution in [3.63, 3.8) is 0 Å². The van der Waals surface area contributed by atoms with Crippen molar-refractivity contribution in [3.8, 4) is 6.07 Å². The summed E-state index contributed by atoms with van der Waals surface area (Å²) in [5, 5.41) is 20.5. The van der Waals surface area contributed by atoms with Gasteiger partial charge in [0.05, 0.1) is 11.8 Å². The average Bonchev–Trinajstić information content (AvgIpc) is 2.85. The van der Waals surface area contributed by atoms with E-state index in [4.69, 9.17) is 5.26 Å². The molecule has 92 valence electrons. The third-order valence-corrected chi connectivity index (χ3v) is 4.12. The Morgan fingerprint density at radius 1 is 1.33 bits per heavy atom. The Morgan fingerprint density at radius 2 is 2.11 bits per heavy atom. The van der Waals surface area contributed by atoms with Crippen LogP contribution in [-0.4, -0.2) is 16.0 Å². The first-order valence-electron chi connectivity index (χ1n) is 5.51. The van der Waals surface area contributed by atoms with E-state index >= 15 is 0 Å². The van der Waals surface area contributed by atoms with Gasteiger partial charge in [-0.1, -0.05) is 42.2 Å². The van der Waals surface area contributed by atoms with Crippen LogP contribution in [0.5, 0.6) is 0 Å². The van der Waals surface area contributed by atoms with Crippen LogP contribution in [-0.2, 0) is 6.42 Å². The highest BCUT2D eigenvalue weighted by Crippen LogP contribution is 2.27. The molecular weight excluding hydrogens is 264 g/mol. The van der Waals surface area contributed by atoms with E-state index < -0.39 is 0 Å². The lowest BCUT2D eigenvalue weighted by Gasteiger charge is -2.02. The standard InChI is InChI=1S/C12H12N4S2/c1-2-9-3-5-10(6-4-9)14-11-15-16-12(18-11)17-8-7-13/h3-6H,2,8H2,1H3,(H,14,15). The van der Waals surface area contributed by atoms with Gasteiger partial charge in [-0.05, 0) is 24.1 Å². The van der Waals surface area contributed by atoms with E-state index in [1.54, 1.807) is 0 Å². The molecule has 6 heteroatoms. The Labute approximate surface area is 114 Å². The molecule has 0 saturated heterocycles. The van der Waals surface area contributed by atoms with E-state index in [0.717, 1.165) is 21.6 Å². The molecule has 4 nitrogen and oxygen atoms in total. The maximum Gasteiger partial charge on any atom is 0.210 e. The van der Waals surface area contributed by atoms with Crippen LogP contribution in [0.2, 0.25) is 0 Å². The van der Waals surface area contributed by atoms with Gasteiger partial charge in [-0.25, -0.2) is 0 Å². The minimum atomic E-state index is 0.403. The Kier molecular flexibility index (Phi) is 4.56. The summed E-state index contributed by atoms with van der Waals surface area (Å²) in [6.45, 7) is 2.13. The van der Waals surface area contributed by atoms with Crippen LogP contribution in [0, 0.1) is 11.3 Å². The molecule has 0 atom stereocenters. The molecule has 0 aliphatic carbocycles.